The lowest BCUT2D eigenvalue weighted by molar-refractivity contribution is 0.0532. The molecule has 0 saturated carbocycles. The SMILES string of the molecule is CCOC(=O)c1ccc(C(=O)C(C)(C)C)s1. The van der Waals surface area contributed by atoms with E-state index in [4.69, 9.17) is 4.74 Å². The van der Waals surface area contributed by atoms with E-state index in [0.717, 1.165) is 0 Å². The van der Waals surface area contributed by atoms with Crippen molar-refractivity contribution in [3.05, 3.63) is 21.9 Å². The topological polar surface area (TPSA) is 43.4 Å². The number of ether oxygens (including phenoxy) is 1. The zero-order valence-electron chi connectivity index (χ0n) is 9.99. The molecule has 1 aromatic heterocycles. The summed E-state index contributed by atoms with van der Waals surface area (Å²) in [5.41, 5.74) is -0.420. The minimum atomic E-state index is -0.420. The molecule has 16 heavy (non-hydrogen) atoms. The lowest BCUT2D eigenvalue weighted by Crippen LogP contribution is -2.18. The molecule has 0 radical (unpaired) electrons. The Labute approximate surface area is 99.4 Å². The van der Waals surface area contributed by atoms with E-state index in [1.54, 1.807) is 19.1 Å². The molecule has 0 saturated heterocycles. The highest BCUT2D eigenvalue weighted by Crippen LogP contribution is 2.26. The van der Waals surface area contributed by atoms with Gasteiger partial charge < -0.3 is 4.74 Å². The number of carbonyl (C=O) groups excluding carboxylic acids is 2. The van der Waals surface area contributed by atoms with Crippen LogP contribution in [0.4, 0.5) is 0 Å². The fourth-order valence-electron chi connectivity index (χ4n) is 1.14. The van der Waals surface area contributed by atoms with Crippen LogP contribution in [0.2, 0.25) is 0 Å². The maximum Gasteiger partial charge on any atom is 0.348 e. The highest BCUT2D eigenvalue weighted by Gasteiger charge is 2.25. The van der Waals surface area contributed by atoms with E-state index in [1.807, 2.05) is 20.8 Å². The number of hydrogen-bond donors (Lipinski definition) is 0. The Hall–Kier alpha value is -1.16. The Kier molecular flexibility index (Phi) is 3.86. The Morgan fingerprint density at radius 1 is 1.25 bits per heavy atom. The third-order valence-corrected chi connectivity index (χ3v) is 3.05. The fourth-order valence-corrected chi connectivity index (χ4v) is 2.19. The second kappa shape index (κ2) is 4.78. The second-order valence-electron chi connectivity index (χ2n) is 4.46. The van der Waals surface area contributed by atoms with E-state index >= 15 is 0 Å². The second-order valence-corrected chi connectivity index (χ2v) is 5.55. The number of rotatable bonds is 3. The summed E-state index contributed by atoms with van der Waals surface area (Å²) < 4.78 is 4.87. The van der Waals surface area contributed by atoms with Crippen molar-refractivity contribution in [1.82, 2.24) is 0 Å². The number of Topliss-reactive ketones (excluding diaryl/α,β-unsaturated/α-hetero) is 1. The summed E-state index contributed by atoms with van der Waals surface area (Å²) in [5.74, 6) is -0.312. The van der Waals surface area contributed by atoms with Gasteiger partial charge in [-0.25, -0.2) is 4.79 Å². The Morgan fingerprint density at radius 3 is 2.31 bits per heavy atom. The molecule has 0 amide bonds. The molecular weight excluding hydrogens is 224 g/mol. The van der Waals surface area contributed by atoms with Gasteiger partial charge in [0.25, 0.3) is 0 Å². The fraction of sp³-hybridized carbons (Fsp3) is 0.500. The molecule has 0 unspecified atom stereocenters. The predicted octanol–water partition coefficient (Wildman–Crippen LogP) is 3.15. The van der Waals surface area contributed by atoms with Crippen LogP contribution in [0.25, 0.3) is 0 Å². The van der Waals surface area contributed by atoms with Crippen molar-refractivity contribution in [3.8, 4) is 0 Å². The van der Waals surface area contributed by atoms with Crippen LogP contribution in [-0.2, 0) is 4.74 Å². The van der Waals surface area contributed by atoms with Crippen LogP contribution in [-0.4, -0.2) is 18.4 Å². The number of carbonyl (C=O) groups is 2. The van der Waals surface area contributed by atoms with Gasteiger partial charge in [-0.3, -0.25) is 4.79 Å². The summed E-state index contributed by atoms with van der Waals surface area (Å²) in [6, 6.07) is 3.33. The van der Waals surface area contributed by atoms with Crippen LogP contribution in [0.3, 0.4) is 0 Å². The van der Waals surface area contributed by atoms with Gasteiger partial charge in [0.15, 0.2) is 5.78 Å². The summed E-state index contributed by atoms with van der Waals surface area (Å²) in [6.45, 7) is 7.68. The molecule has 0 aliphatic heterocycles. The van der Waals surface area contributed by atoms with Crippen molar-refractivity contribution in [1.29, 1.82) is 0 Å². The van der Waals surface area contributed by atoms with Crippen molar-refractivity contribution < 1.29 is 14.3 Å². The van der Waals surface area contributed by atoms with Crippen LogP contribution < -0.4 is 0 Å². The molecule has 1 rings (SSSR count). The van der Waals surface area contributed by atoms with Crippen LogP contribution in [0.1, 0.15) is 47.0 Å². The molecule has 88 valence electrons. The van der Waals surface area contributed by atoms with Crippen LogP contribution >= 0.6 is 11.3 Å². The number of ketones is 1. The van der Waals surface area contributed by atoms with Gasteiger partial charge in [0.05, 0.1) is 11.5 Å². The van der Waals surface area contributed by atoms with E-state index in [-0.39, 0.29) is 11.8 Å². The average molecular weight is 240 g/mol. The van der Waals surface area contributed by atoms with E-state index in [1.165, 1.54) is 11.3 Å². The molecule has 1 heterocycles. The molecule has 0 fully saturated rings. The molecule has 0 spiro atoms. The van der Waals surface area contributed by atoms with Crippen LogP contribution in [0.15, 0.2) is 12.1 Å². The summed E-state index contributed by atoms with van der Waals surface area (Å²) in [4.78, 5) is 24.4. The Bertz CT molecular complexity index is 399. The minimum absolute atomic E-state index is 0.0491. The highest BCUT2D eigenvalue weighted by molar-refractivity contribution is 7.15. The van der Waals surface area contributed by atoms with Gasteiger partial charge in [-0.1, -0.05) is 20.8 Å². The molecular formula is C12H16O3S. The smallest absolute Gasteiger partial charge is 0.348 e. The lowest BCUT2D eigenvalue weighted by Gasteiger charge is -2.14. The molecule has 0 aliphatic rings. The molecule has 0 bridgehead atoms. The molecule has 0 atom stereocenters. The molecule has 4 heteroatoms. The normalized spacial score (nSPS) is 11.2. The van der Waals surface area contributed by atoms with E-state index < -0.39 is 5.41 Å². The summed E-state index contributed by atoms with van der Waals surface area (Å²) in [7, 11) is 0. The maximum atomic E-state index is 11.9. The quantitative estimate of drug-likeness (QED) is 0.602. The monoisotopic (exact) mass is 240 g/mol. The first kappa shape index (κ1) is 12.9. The number of esters is 1. The van der Waals surface area contributed by atoms with Crippen molar-refractivity contribution in [2.75, 3.05) is 6.61 Å². The third-order valence-electron chi connectivity index (χ3n) is 1.99. The summed E-state index contributed by atoms with van der Waals surface area (Å²) in [5, 5.41) is 0. The molecule has 0 N–H and O–H groups in total. The van der Waals surface area contributed by atoms with Gasteiger partial charge in [-0.05, 0) is 19.1 Å². The molecule has 3 nitrogen and oxygen atoms in total. The molecule has 0 aliphatic carbocycles. The highest BCUT2D eigenvalue weighted by atomic mass is 32.1. The predicted molar refractivity (Wildman–Crippen MR) is 64.1 cm³/mol. The largest absolute Gasteiger partial charge is 0.462 e. The van der Waals surface area contributed by atoms with E-state index in [9.17, 15) is 9.59 Å². The molecule has 0 aromatic carbocycles. The van der Waals surface area contributed by atoms with E-state index in [2.05, 4.69) is 0 Å². The molecule has 1 aromatic rings. The van der Waals surface area contributed by atoms with Gasteiger partial charge in [-0.15, -0.1) is 11.3 Å². The average Bonchev–Trinajstić information content (AvgIpc) is 2.64. The van der Waals surface area contributed by atoms with Gasteiger partial charge in [-0.2, -0.15) is 0 Å². The van der Waals surface area contributed by atoms with Crippen molar-refractivity contribution in [3.63, 3.8) is 0 Å². The Morgan fingerprint density at radius 2 is 1.81 bits per heavy atom. The third kappa shape index (κ3) is 2.92. The zero-order chi connectivity index (χ0) is 12.3. The van der Waals surface area contributed by atoms with Gasteiger partial charge in [0.2, 0.25) is 0 Å². The Balaban J connectivity index is 2.87. The maximum absolute atomic E-state index is 11.9. The van der Waals surface area contributed by atoms with Crippen LogP contribution in [0, 0.1) is 5.41 Å². The van der Waals surface area contributed by atoms with Crippen molar-refractivity contribution >= 4 is 23.1 Å². The minimum Gasteiger partial charge on any atom is -0.462 e. The van der Waals surface area contributed by atoms with Gasteiger partial charge in [0.1, 0.15) is 4.88 Å². The van der Waals surface area contributed by atoms with Crippen molar-refractivity contribution in [2.45, 2.75) is 27.7 Å². The van der Waals surface area contributed by atoms with Gasteiger partial charge in [0, 0.05) is 5.41 Å². The first-order valence-corrected chi connectivity index (χ1v) is 5.99. The van der Waals surface area contributed by atoms with Gasteiger partial charge >= 0.3 is 5.97 Å². The summed E-state index contributed by atoms with van der Waals surface area (Å²) in [6.07, 6.45) is 0. The standard InChI is InChI=1S/C12H16O3S/c1-5-15-11(14)9-7-6-8(16-9)10(13)12(2,3)4/h6-7H,5H2,1-4H3. The number of hydrogen-bond acceptors (Lipinski definition) is 4. The first-order valence-electron chi connectivity index (χ1n) is 5.18. The van der Waals surface area contributed by atoms with E-state index in [0.29, 0.717) is 16.4 Å². The lowest BCUT2D eigenvalue weighted by atomic mass is 9.90. The zero-order valence-corrected chi connectivity index (χ0v) is 10.8. The van der Waals surface area contributed by atoms with Crippen LogP contribution in [0.5, 0.6) is 0 Å². The van der Waals surface area contributed by atoms with Crippen molar-refractivity contribution in [2.24, 2.45) is 5.41 Å². The summed E-state index contributed by atoms with van der Waals surface area (Å²) >= 11 is 1.19. The number of thiophene rings is 1. The first-order chi connectivity index (χ1) is 7.36.